The molecule has 31 heavy (non-hydrogen) atoms. The number of phenolic OH excluding ortho intramolecular Hbond substituents is 1. The van der Waals surface area contributed by atoms with Crippen molar-refractivity contribution in [1.29, 1.82) is 0 Å². The molecule has 1 amide bonds. The number of aromatic hydroxyl groups is 1. The summed E-state index contributed by atoms with van der Waals surface area (Å²) in [5.41, 5.74) is 2.98. The number of ether oxygens (including phenoxy) is 1. The van der Waals surface area contributed by atoms with Crippen LogP contribution in [0.5, 0.6) is 5.75 Å². The van der Waals surface area contributed by atoms with E-state index in [1.54, 1.807) is 12.1 Å². The number of unbranched alkanes of at least 4 members (excludes halogenated alkanes) is 3. The summed E-state index contributed by atoms with van der Waals surface area (Å²) in [6, 6.07) is 13.8. The molecule has 2 N–H and O–H groups in total. The summed E-state index contributed by atoms with van der Waals surface area (Å²) >= 11 is 0. The van der Waals surface area contributed by atoms with Crippen LogP contribution in [0.25, 0.3) is 21.9 Å². The molecule has 0 unspecified atom stereocenters. The van der Waals surface area contributed by atoms with Crippen LogP contribution in [0.3, 0.4) is 0 Å². The Balaban J connectivity index is 1.49. The van der Waals surface area contributed by atoms with E-state index in [9.17, 15) is 9.90 Å². The molecule has 0 atom stereocenters. The Morgan fingerprint density at radius 3 is 2.48 bits per heavy atom. The van der Waals surface area contributed by atoms with Gasteiger partial charge in [0.05, 0.1) is 0 Å². The molecule has 1 heterocycles. The molecule has 0 aliphatic carbocycles. The van der Waals surface area contributed by atoms with Crippen molar-refractivity contribution in [3.05, 3.63) is 60.4 Å². The van der Waals surface area contributed by atoms with Gasteiger partial charge in [0.1, 0.15) is 11.4 Å². The second-order valence-corrected chi connectivity index (χ2v) is 8.88. The third-order valence-corrected chi connectivity index (χ3v) is 5.06. The molecule has 0 radical (unpaired) electrons. The van der Waals surface area contributed by atoms with E-state index < -0.39 is 5.60 Å². The molecule has 5 nitrogen and oxygen atoms in total. The number of aryl methyl sites for hydroxylation is 1. The second-order valence-electron chi connectivity index (χ2n) is 8.88. The minimum atomic E-state index is -0.456. The van der Waals surface area contributed by atoms with Crippen molar-refractivity contribution in [2.45, 2.75) is 58.5 Å². The number of alkyl carbamates (subject to hydrolysis) is 1. The fourth-order valence-electron chi connectivity index (χ4n) is 3.55. The van der Waals surface area contributed by atoms with Gasteiger partial charge in [0, 0.05) is 29.9 Å². The first-order valence-corrected chi connectivity index (χ1v) is 10.9. The Hall–Kier alpha value is -3.08. The number of aromatic nitrogens is 1. The maximum absolute atomic E-state index is 11.6. The van der Waals surface area contributed by atoms with Gasteiger partial charge in [-0.1, -0.05) is 43.2 Å². The molecule has 0 aliphatic heterocycles. The van der Waals surface area contributed by atoms with Gasteiger partial charge in [0.15, 0.2) is 0 Å². The predicted octanol–water partition coefficient (Wildman–Crippen LogP) is 6.24. The summed E-state index contributed by atoms with van der Waals surface area (Å²) in [5, 5.41) is 14.7. The Kier molecular flexibility index (Phi) is 7.50. The van der Waals surface area contributed by atoms with Crippen LogP contribution in [0.1, 0.15) is 52.0 Å². The van der Waals surface area contributed by atoms with Crippen LogP contribution in [0.2, 0.25) is 0 Å². The monoisotopic (exact) mass is 420 g/mol. The number of nitrogens with one attached hydrogen (secondary N) is 1. The highest BCUT2D eigenvalue weighted by Gasteiger charge is 2.15. The van der Waals surface area contributed by atoms with Crippen molar-refractivity contribution in [2.75, 3.05) is 6.54 Å². The first kappa shape index (κ1) is 22.6. The largest absolute Gasteiger partial charge is 0.508 e. The topological polar surface area (TPSA) is 71.5 Å². The predicted molar refractivity (Wildman–Crippen MR) is 125 cm³/mol. The van der Waals surface area contributed by atoms with Crippen LogP contribution < -0.4 is 5.32 Å². The molecule has 164 valence electrons. The lowest BCUT2D eigenvalue weighted by atomic mass is 9.97. The number of carbonyl (C=O) groups excluding carboxylic acids is 1. The van der Waals surface area contributed by atoms with Gasteiger partial charge < -0.3 is 15.2 Å². The van der Waals surface area contributed by atoms with E-state index in [0.717, 1.165) is 48.6 Å². The molecule has 3 rings (SSSR count). The standard InChI is InChI=1S/C26H32N2O3/c1-26(2,3)31-25(30)28-15-7-5-4-6-8-19-9-10-21-17-27-18-24(23(21)16-19)20-11-13-22(29)14-12-20/h9-14,16-18,29H,4-8,15H2,1-3H3,(H,28,30). The molecule has 0 spiro atoms. The number of pyridine rings is 1. The number of hydrogen-bond acceptors (Lipinski definition) is 4. The first-order chi connectivity index (χ1) is 14.8. The third kappa shape index (κ3) is 6.99. The van der Waals surface area contributed by atoms with E-state index in [2.05, 4.69) is 28.5 Å². The van der Waals surface area contributed by atoms with Crippen molar-refractivity contribution in [2.24, 2.45) is 0 Å². The molecule has 1 aromatic heterocycles. The van der Waals surface area contributed by atoms with Crippen LogP contribution >= 0.6 is 0 Å². The van der Waals surface area contributed by atoms with Crippen molar-refractivity contribution >= 4 is 16.9 Å². The van der Waals surface area contributed by atoms with Crippen molar-refractivity contribution in [3.63, 3.8) is 0 Å². The average Bonchev–Trinajstić information content (AvgIpc) is 2.72. The lowest BCUT2D eigenvalue weighted by Gasteiger charge is -2.19. The zero-order valence-corrected chi connectivity index (χ0v) is 18.6. The van der Waals surface area contributed by atoms with Gasteiger partial charge in [-0.05, 0) is 68.7 Å². The zero-order chi connectivity index (χ0) is 22.3. The summed E-state index contributed by atoms with van der Waals surface area (Å²) in [4.78, 5) is 16.0. The number of benzene rings is 2. The quantitative estimate of drug-likeness (QED) is 0.423. The molecular formula is C26H32N2O3. The Morgan fingerprint density at radius 1 is 1.00 bits per heavy atom. The van der Waals surface area contributed by atoms with Gasteiger partial charge in [-0.25, -0.2) is 4.79 Å². The number of carbonyl (C=O) groups is 1. The van der Waals surface area contributed by atoms with Crippen molar-refractivity contribution in [3.8, 4) is 16.9 Å². The summed E-state index contributed by atoms with van der Waals surface area (Å²) in [7, 11) is 0. The fraction of sp³-hybridized carbons (Fsp3) is 0.385. The van der Waals surface area contributed by atoms with E-state index in [0.29, 0.717) is 6.54 Å². The van der Waals surface area contributed by atoms with Crippen molar-refractivity contribution in [1.82, 2.24) is 10.3 Å². The fourth-order valence-corrected chi connectivity index (χ4v) is 3.55. The van der Waals surface area contributed by atoms with Crippen LogP contribution in [-0.2, 0) is 11.2 Å². The molecule has 0 fully saturated rings. The van der Waals surface area contributed by atoms with E-state index >= 15 is 0 Å². The molecule has 0 saturated carbocycles. The minimum absolute atomic E-state index is 0.263. The minimum Gasteiger partial charge on any atom is -0.508 e. The van der Waals surface area contributed by atoms with Gasteiger partial charge in [-0.3, -0.25) is 4.98 Å². The lowest BCUT2D eigenvalue weighted by molar-refractivity contribution is 0.0527. The van der Waals surface area contributed by atoms with Gasteiger partial charge in [-0.15, -0.1) is 0 Å². The molecule has 0 bridgehead atoms. The maximum atomic E-state index is 11.6. The smallest absolute Gasteiger partial charge is 0.407 e. The number of amides is 1. The Morgan fingerprint density at radius 2 is 1.74 bits per heavy atom. The number of phenols is 1. The number of hydrogen-bond donors (Lipinski definition) is 2. The maximum Gasteiger partial charge on any atom is 0.407 e. The summed E-state index contributed by atoms with van der Waals surface area (Å²) in [6.45, 7) is 6.24. The number of rotatable bonds is 8. The second kappa shape index (κ2) is 10.3. The molecule has 0 saturated heterocycles. The molecule has 2 aromatic carbocycles. The Bertz CT molecular complexity index is 1010. The van der Waals surface area contributed by atoms with E-state index in [1.807, 2.05) is 45.3 Å². The van der Waals surface area contributed by atoms with Gasteiger partial charge in [-0.2, -0.15) is 0 Å². The summed E-state index contributed by atoms with van der Waals surface area (Å²) in [6.07, 6.45) is 8.71. The zero-order valence-electron chi connectivity index (χ0n) is 18.6. The number of fused-ring (bicyclic) bond motifs is 1. The Labute approximate surface area is 184 Å². The van der Waals surface area contributed by atoms with Crippen molar-refractivity contribution < 1.29 is 14.6 Å². The first-order valence-electron chi connectivity index (χ1n) is 10.9. The van der Waals surface area contributed by atoms with E-state index in [4.69, 9.17) is 4.74 Å². The van der Waals surface area contributed by atoms with Crippen LogP contribution in [0, 0.1) is 0 Å². The van der Waals surface area contributed by atoms with Crippen LogP contribution in [0.4, 0.5) is 4.79 Å². The van der Waals surface area contributed by atoms with Crippen LogP contribution in [-0.4, -0.2) is 28.3 Å². The molecular weight excluding hydrogens is 388 g/mol. The van der Waals surface area contributed by atoms with Crippen LogP contribution in [0.15, 0.2) is 54.9 Å². The van der Waals surface area contributed by atoms with Gasteiger partial charge >= 0.3 is 6.09 Å². The molecule has 0 aliphatic rings. The average molecular weight is 421 g/mol. The van der Waals surface area contributed by atoms with Gasteiger partial charge in [0.25, 0.3) is 0 Å². The lowest BCUT2D eigenvalue weighted by Crippen LogP contribution is -2.32. The summed E-state index contributed by atoms with van der Waals surface area (Å²) in [5.74, 6) is 0.263. The summed E-state index contributed by atoms with van der Waals surface area (Å²) < 4.78 is 5.24. The number of nitrogens with zero attached hydrogens (tertiary/aromatic N) is 1. The normalized spacial score (nSPS) is 11.5. The van der Waals surface area contributed by atoms with E-state index in [1.165, 1.54) is 10.9 Å². The highest BCUT2D eigenvalue weighted by atomic mass is 16.6. The van der Waals surface area contributed by atoms with Gasteiger partial charge in [0.2, 0.25) is 0 Å². The SMILES string of the molecule is CC(C)(C)OC(=O)NCCCCCCc1ccc2cncc(-c3ccc(O)cc3)c2c1. The van der Waals surface area contributed by atoms with E-state index in [-0.39, 0.29) is 11.8 Å². The highest BCUT2D eigenvalue weighted by molar-refractivity contribution is 5.96. The molecule has 5 heteroatoms. The molecule has 3 aromatic rings. The third-order valence-electron chi connectivity index (χ3n) is 5.06. The highest BCUT2D eigenvalue weighted by Crippen LogP contribution is 2.30.